The van der Waals surface area contributed by atoms with E-state index in [9.17, 15) is 4.79 Å². The Morgan fingerprint density at radius 2 is 2.15 bits per heavy atom. The normalized spacial score (nSPS) is 29.9. The molecule has 1 N–H and O–H groups in total. The van der Waals surface area contributed by atoms with Crippen molar-refractivity contribution in [2.45, 2.75) is 50.6 Å². The van der Waals surface area contributed by atoms with Gasteiger partial charge >= 0.3 is 0 Å². The minimum Gasteiger partial charge on any atom is -0.334 e. The van der Waals surface area contributed by atoms with E-state index in [1.165, 1.54) is 5.56 Å². The SMILES string of the molecule is CCC1(C(=O)N2CCCC2c2ccccc2)CCCN1. The minimum absolute atomic E-state index is 0.273. The van der Waals surface area contributed by atoms with Crippen molar-refractivity contribution in [2.75, 3.05) is 13.1 Å². The van der Waals surface area contributed by atoms with Crippen molar-refractivity contribution in [2.24, 2.45) is 0 Å². The monoisotopic (exact) mass is 272 g/mol. The number of nitrogens with one attached hydrogen (secondary N) is 1. The first kappa shape index (κ1) is 13.6. The van der Waals surface area contributed by atoms with Gasteiger partial charge in [0.1, 0.15) is 0 Å². The fraction of sp³-hybridized carbons (Fsp3) is 0.588. The van der Waals surface area contributed by atoms with Gasteiger partial charge in [0.25, 0.3) is 0 Å². The molecule has 0 saturated carbocycles. The number of carbonyl (C=O) groups is 1. The standard InChI is InChI=1S/C17H24N2O/c1-2-17(11-7-12-18-17)16(20)19-13-6-10-15(19)14-8-4-3-5-9-14/h3-5,8-9,15,18H,2,6-7,10-13H2,1H3. The smallest absolute Gasteiger partial charge is 0.243 e. The third-order valence-corrected chi connectivity index (χ3v) is 4.95. The molecule has 0 radical (unpaired) electrons. The fourth-order valence-electron chi connectivity index (χ4n) is 3.75. The topological polar surface area (TPSA) is 32.3 Å². The van der Waals surface area contributed by atoms with Crippen LogP contribution in [0.2, 0.25) is 0 Å². The van der Waals surface area contributed by atoms with Gasteiger partial charge in [-0.25, -0.2) is 0 Å². The van der Waals surface area contributed by atoms with Crippen molar-refractivity contribution in [1.29, 1.82) is 0 Å². The molecule has 0 bridgehead atoms. The van der Waals surface area contributed by atoms with Crippen molar-refractivity contribution >= 4 is 5.91 Å². The number of hydrogen-bond acceptors (Lipinski definition) is 2. The van der Waals surface area contributed by atoms with E-state index in [-0.39, 0.29) is 11.6 Å². The number of carbonyl (C=O) groups excluding carboxylic acids is 1. The van der Waals surface area contributed by atoms with Crippen molar-refractivity contribution in [3.05, 3.63) is 35.9 Å². The van der Waals surface area contributed by atoms with E-state index in [2.05, 4.69) is 41.4 Å². The summed E-state index contributed by atoms with van der Waals surface area (Å²) in [7, 11) is 0. The number of amides is 1. The Hall–Kier alpha value is -1.35. The van der Waals surface area contributed by atoms with Gasteiger partial charge in [0.15, 0.2) is 0 Å². The summed E-state index contributed by atoms with van der Waals surface area (Å²) in [5.74, 6) is 0.323. The summed E-state index contributed by atoms with van der Waals surface area (Å²) in [6.07, 6.45) is 5.20. The number of benzene rings is 1. The second kappa shape index (κ2) is 5.57. The molecule has 1 aromatic carbocycles. The summed E-state index contributed by atoms with van der Waals surface area (Å²) in [6.45, 7) is 4.01. The molecule has 2 atom stereocenters. The van der Waals surface area contributed by atoms with Crippen LogP contribution in [-0.2, 0) is 4.79 Å². The maximum absolute atomic E-state index is 13.0. The lowest BCUT2D eigenvalue weighted by molar-refractivity contribution is -0.139. The molecule has 2 fully saturated rings. The molecule has 0 spiro atoms. The van der Waals surface area contributed by atoms with Gasteiger partial charge in [-0.15, -0.1) is 0 Å². The van der Waals surface area contributed by atoms with Gasteiger partial charge in [-0.05, 0) is 44.2 Å². The van der Waals surface area contributed by atoms with E-state index >= 15 is 0 Å². The lowest BCUT2D eigenvalue weighted by Crippen LogP contribution is -2.54. The molecule has 3 nitrogen and oxygen atoms in total. The van der Waals surface area contributed by atoms with E-state index in [1.807, 2.05) is 6.07 Å². The number of rotatable bonds is 3. The highest BCUT2D eigenvalue weighted by Crippen LogP contribution is 2.36. The maximum atomic E-state index is 13.0. The third-order valence-electron chi connectivity index (χ3n) is 4.95. The molecule has 2 heterocycles. The van der Waals surface area contributed by atoms with Gasteiger partial charge in [0.2, 0.25) is 5.91 Å². The van der Waals surface area contributed by atoms with Crippen LogP contribution in [0.1, 0.15) is 50.6 Å². The fourth-order valence-corrected chi connectivity index (χ4v) is 3.75. The summed E-state index contributed by atoms with van der Waals surface area (Å²) in [4.78, 5) is 15.2. The van der Waals surface area contributed by atoms with Gasteiger partial charge in [0, 0.05) is 6.54 Å². The lowest BCUT2D eigenvalue weighted by atomic mass is 9.91. The second-order valence-corrected chi connectivity index (χ2v) is 6.03. The molecule has 3 rings (SSSR count). The Labute approximate surface area is 121 Å². The quantitative estimate of drug-likeness (QED) is 0.917. The van der Waals surface area contributed by atoms with E-state index in [1.54, 1.807) is 0 Å². The van der Waals surface area contributed by atoms with E-state index in [0.29, 0.717) is 5.91 Å². The predicted octanol–water partition coefficient (Wildman–Crippen LogP) is 2.88. The van der Waals surface area contributed by atoms with Crippen LogP contribution in [0.3, 0.4) is 0 Å². The Morgan fingerprint density at radius 3 is 2.80 bits per heavy atom. The molecule has 2 unspecified atom stereocenters. The van der Waals surface area contributed by atoms with Gasteiger partial charge in [-0.1, -0.05) is 37.3 Å². The van der Waals surface area contributed by atoms with Gasteiger partial charge in [-0.2, -0.15) is 0 Å². The summed E-state index contributed by atoms with van der Waals surface area (Å²) < 4.78 is 0. The predicted molar refractivity (Wildman–Crippen MR) is 80.4 cm³/mol. The molecule has 1 amide bonds. The summed E-state index contributed by atoms with van der Waals surface area (Å²) in [6, 6.07) is 10.7. The van der Waals surface area contributed by atoms with Crippen LogP contribution in [0.4, 0.5) is 0 Å². The summed E-state index contributed by atoms with van der Waals surface area (Å²) in [5.41, 5.74) is 0.986. The zero-order chi connectivity index (χ0) is 14.0. The Morgan fingerprint density at radius 1 is 1.35 bits per heavy atom. The van der Waals surface area contributed by atoms with Crippen molar-refractivity contribution in [3.63, 3.8) is 0 Å². The molecule has 2 saturated heterocycles. The van der Waals surface area contributed by atoms with Crippen LogP contribution in [0, 0.1) is 0 Å². The summed E-state index contributed by atoms with van der Waals surface area (Å²) >= 11 is 0. The Balaban J connectivity index is 1.83. The van der Waals surface area contributed by atoms with Crippen LogP contribution in [0.5, 0.6) is 0 Å². The molecule has 108 valence electrons. The second-order valence-electron chi connectivity index (χ2n) is 6.03. The number of likely N-dealkylation sites (tertiary alicyclic amines) is 1. The van der Waals surface area contributed by atoms with Gasteiger partial charge in [-0.3, -0.25) is 4.79 Å². The zero-order valence-electron chi connectivity index (χ0n) is 12.3. The molecule has 1 aromatic rings. The van der Waals surface area contributed by atoms with Crippen molar-refractivity contribution in [3.8, 4) is 0 Å². The number of hydrogen-bond donors (Lipinski definition) is 1. The first-order valence-electron chi connectivity index (χ1n) is 7.88. The van der Waals surface area contributed by atoms with Crippen LogP contribution >= 0.6 is 0 Å². The highest BCUT2D eigenvalue weighted by atomic mass is 16.2. The molecule has 0 aliphatic carbocycles. The molecule has 3 heteroatoms. The van der Waals surface area contributed by atoms with Crippen molar-refractivity contribution < 1.29 is 4.79 Å². The highest BCUT2D eigenvalue weighted by molar-refractivity contribution is 5.87. The average Bonchev–Trinajstić information content (AvgIpc) is 3.17. The first-order chi connectivity index (χ1) is 9.77. The molecule has 0 aromatic heterocycles. The first-order valence-corrected chi connectivity index (χ1v) is 7.88. The average molecular weight is 272 g/mol. The molecule has 2 aliphatic heterocycles. The largest absolute Gasteiger partial charge is 0.334 e. The molecule has 2 aliphatic rings. The number of nitrogens with zero attached hydrogens (tertiary/aromatic N) is 1. The lowest BCUT2D eigenvalue weighted by Gasteiger charge is -2.35. The van der Waals surface area contributed by atoms with Crippen LogP contribution < -0.4 is 5.32 Å². The zero-order valence-corrected chi connectivity index (χ0v) is 12.3. The van der Waals surface area contributed by atoms with Gasteiger partial charge in [0.05, 0.1) is 11.6 Å². The Bertz CT molecular complexity index is 465. The molecular weight excluding hydrogens is 248 g/mol. The third kappa shape index (κ3) is 2.24. The Kier molecular flexibility index (Phi) is 3.79. The van der Waals surface area contributed by atoms with E-state index in [0.717, 1.165) is 45.2 Å². The van der Waals surface area contributed by atoms with Crippen molar-refractivity contribution in [1.82, 2.24) is 10.2 Å². The maximum Gasteiger partial charge on any atom is 0.243 e. The summed E-state index contributed by atoms with van der Waals surface area (Å²) in [5, 5.41) is 3.48. The van der Waals surface area contributed by atoms with E-state index in [4.69, 9.17) is 0 Å². The highest BCUT2D eigenvalue weighted by Gasteiger charge is 2.44. The van der Waals surface area contributed by atoms with Gasteiger partial charge < -0.3 is 10.2 Å². The van der Waals surface area contributed by atoms with Crippen LogP contribution in [-0.4, -0.2) is 29.4 Å². The molecule has 20 heavy (non-hydrogen) atoms. The van der Waals surface area contributed by atoms with Crippen LogP contribution in [0.25, 0.3) is 0 Å². The van der Waals surface area contributed by atoms with Crippen LogP contribution in [0.15, 0.2) is 30.3 Å². The van der Waals surface area contributed by atoms with E-state index < -0.39 is 0 Å². The molecular formula is C17H24N2O. The minimum atomic E-state index is -0.294.